The molecule has 2 rings (SSSR count). The van der Waals surface area contributed by atoms with Gasteiger partial charge in [0, 0.05) is 17.6 Å². The smallest absolute Gasteiger partial charge is 0.191 e. The highest BCUT2D eigenvalue weighted by atomic mass is 32.1. The number of hydrogen-bond donors (Lipinski definition) is 2. The SMILES string of the molecule is CCNC(=NCc1ccccc1)NCc1ncc(C)s1. The molecule has 5 heteroatoms. The molecule has 1 aromatic carbocycles. The van der Waals surface area contributed by atoms with Gasteiger partial charge in [-0.3, -0.25) is 0 Å². The fourth-order valence-corrected chi connectivity index (χ4v) is 2.46. The van der Waals surface area contributed by atoms with E-state index in [9.17, 15) is 0 Å². The minimum absolute atomic E-state index is 0.674. The number of nitrogens with one attached hydrogen (secondary N) is 2. The van der Waals surface area contributed by atoms with E-state index in [1.807, 2.05) is 24.4 Å². The highest BCUT2D eigenvalue weighted by Crippen LogP contribution is 2.10. The Morgan fingerprint density at radius 2 is 2.05 bits per heavy atom. The Labute approximate surface area is 124 Å². The van der Waals surface area contributed by atoms with Gasteiger partial charge in [0.05, 0.1) is 13.1 Å². The van der Waals surface area contributed by atoms with Gasteiger partial charge in [0.25, 0.3) is 0 Å². The van der Waals surface area contributed by atoms with E-state index in [0.717, 1.165) is 17.5 Å². The van der Waals surface area contributed by atoms with Crippen molar-refractivity contribution in [2.45, 2.75) is 26.9 Å². The van der Waals surface area contributed by atoms with Crippen LogP contribution >= 0.6 is 11.3 Å². The van der Waals surface area contributed by atoms with Crippen LogP contribution in [0.5, 0.6) is 0 Å². The highest BCUT2D eigenvalue weighted by molar-refractivity contribution is 7.11. The summed E-state index contributed by atoms with van der Waals surface area (Å²) < 4.78 is 0. The first-order chi connectivity index (χ1) is 9.78. The van der Waals surface area contributed by atoms with E-state index in [4.69, 9.17) is 0 Å². The highest BCUT2D eigenvalue weighted by Gasteiger charge is 2.01. The van der Waals surface area contributed by atoms with E-state index >= 15 is 0 Å². The molecule has 0 bridgehead atoms. The first-order valence-corrected chi connectivity index (χ1v) is 7.57. The molecule has 1 aromatic heterocycles. The minimum atomic E-state index is 0.674. The Kier molecular flexibility index (Phi) is 5.55. The lowest BCUT2D eigenvalue weighted by Gasteiger charge is -2.10. The fourth-order valence-electron chi connectivity index (χ4n) is 1.74. The Morgan fingerprint density at radius 1 is 1.25 bits per heavy atom. The van der Waals surface area contributed by atoms with Crippen molar-refractivity contribution >= 4 is 17.3 Å². The van der Waals surface area contributed by atoms with Gasteiger partial charge in [-0.05, 0) is 19.4 Å². The second-order valence-corrected chi connectivity index (χ2v) is 5.72. The average Bonchev–Trinajstić information content (AvgIpc) is 2.89. The standard InChI is InChI=1S/C15H20N4S/c1-3-16-15(18-10-13-7-5-4-6-8-13)19-11-14-17-9-12(2)20-14/h4-9H,3,10-11H2,1-2H3,(H2,16,18,19). The van der Waals surface area contributed by atoms with Gasteiger partial charge in [0.2, 0.25) is 0 Å². The quantitative estimate of drug-likeness (QED) is 0.657. The van der Waals surface area contributed by atoms with Gasteiger partial charge < -0.3 is 10.6 Å². The second-order valence-electron chi connectivity index (χ2n) is 4.40. The molecular formula is C15H20N4S. The van der Waals surface area contributed by atoms with Crippen molar-refractivity contribution in [1.29, 1.82) is 0 Å². The number of thiazole rings is 1. The van der Waals surface area contributed by atoms with Crippen molar-refractivity contribution in [3.63, 3.8) is 0 Å². The van der Waals surface area contributed by atoms with Crippen LogP contribution in [0.3, 0.4) is 0 Å². The van der Waals surface area contributed by atoms with Crippen LogP contribution in [0.1, 0.15) is 22.4 Å². The van der Waals surface area contributed by atoms with Crippen LogP contribution in [0, 0.1) is 6.92 Å². The molecule has 0 saturated carbocycles. The second kappa shape index (κ2) is 7.65. The van der Waals surface area contributed by atoms with Crippen molar-refractivity contribution in [3.05, 3.63) is 52.0 Å². The number of rotatable bonds is 5. The molecule has 0 spiro atoms. The van der Waals surface area contributed by atoms with E-state index in [2.05, 4.69) is 46.6 Å². The maximum atomic E-state index is 4.58. The van der Waals surface area contributed by atoms with Gasteiger partial charge in [0.15, 0.2) is 5.96 Å². The lowest BCUT2D eigenvalue weighted by molar-refractivity contribution is 0.811. The third-order valence-corrected chi connectivity index (χ3v) is 3.60. The number of benzene rings is 1. The van der Waals surface area contributed by atoms with E-state index in [0.29, 0.717) is 13.1 Å². The number of hydrogen-bond acceptors (Lipinski definition) is 3. The van der Waals surface area contributed by atoms with Gasteiger partial charge in [-0.15, -0.1) is 11.3 Å². The molecule has 0 atom stereocenters. The van der Waals surface area contributed by atoms with Gasteiger partial charge in [-0.25, -0.2) is 9.98 Å². The molecule has 2 N–H and O–H groups in total. The van der Waals surface area contributed by atoms with Gasteiger partial charge in [-0.1, -0.05) is 30.3 Å². The molecule has 106 valence electrons. The maximum Gasteiger partial charge on any atom is 0.191 e. The summed E-state index contributed by atoms with van der Waals surface area (Å²) in [6, 6.07) is 10.2. The maximum absolute atomic E-state index is 4.58. The third kappa shape index (κ3) is 4.66. The van der Waals surface area contributed by atoms with Crippen LogP contribution in [0.4, 0.5) is 0 Å². The summed E-state index contributed by atoms with van der Waals surface area (Å²) >= 11 is 1.71. The molecule has 0 saturated heterocycles. The Morgan fingerprint density at radius 3 is 2.70 bits per heavy atom. The zero-order valence-electron chi connectivity index (χ0n) is 11.9. The lowest BCUT2D eigenvalue weighted by Crippen LogP contribution is -2.36. The minimum Gasteiger partial charge on any atom is -0.357 e. The molecule has 0 aliphatic heterocycles. The van der Waals surface area contributed by atoms with Gasteiger partial charge >= 0.3 is 0 Å². The van der Waals surface area contributed by atoms with Crippen molar-refractivity contribution in [2.24, 2.45) is 4.99 Å². The van der Waals surface area contributed by atoms with Gasteiger partial charge in [-0.2, -0.15) is 0 Å². The molecule has 0 fully saturated rings. The van der Waals surface area contributed by atoms with Crippen LogP contribution < -0.4 is 10.6 Å². The monoisotopic (exact) mass is 288 g/mol. The number of guanidine groups is 1. The molecule has 20 heavy (non-hydrogen) atoms. The van der Waals surface area contributed by atoms with Crippen LogP contribution in [-0.4, -0.2) is 17.5 Å². The fraction of sp³-hybridized carbons (Fsp3) is 0.333. The van der Waals surface area contributed by atoms with E-state index in [-0.39, 0.29) is 0 Å². The number of aliphatic imine (C=N–C) groups is 1. The predicted octanol–water partition coefficient (Wildman–Crippen LogP) is 2.71. The summed E-state index contributed by atoms with van der Waals surface area (Å²) in [4.78, 5) is 10.1. The zero-order valence-corrected chi connectivity index (χ0v) is 12.7. The predicted molar refractivity (Wildman–Crippen MR) is 84.9 cm³/mol. The van der Waals surface area contributed by atoms with Crippen molar-refractivity contribution in [3.8, 4) is 0 Å². The normalized spacial score (nSPS) is 11.4. The van der Waals surface area contributed by atoms with Crippen LogP contribution in [0.2, 0.25) is 0 Å². The molecule has 0 radical (unpaired) electrons. The first-order valence-electron chi connectivity index (χ1n) is 6.75. The largest absolute Gasteiger partial charge is 0.357 e. The zero-order chi connectivity index (χ0) is 14.2. The van der Waals surface area contributed by atoms with Crippen LogP contribution in [0.15, 0.2) is 41.5 Å². The van der Waals surface area contributed by atoms with Crippen LogP contribution in [0.25, 0.3) is 0 Å². The summed E-state index contributed by atoms with van der Waals surface area (Å²) in [6.07, 6.45) is 1.90. The summed E-state index contributed by atoms with van der Waals surface area (Å²) in [6.45, 7) is 6.35. The van der Waals surface area contributed by atoms with E-state index in [1.54, 1.807) is 11.3 Å². The van der Waals surface area contributed by atoms with Crippen molar-refractivity contribution in [2.75, 3.05) is 6.54 Å². The molecule has 1 heterocycles. The number of nitrogens with zero attached hydrogens (tertiary/aromatic N) is 2. The molecule has 4 nitrogen and oxygen atoms in total. The van der Waals surface area contributed by atoms with Crippen LogP contribution in [-0.2, 0) is 13.1 Å². The molecule has 0 aliphatic carbocycles. The molecule has 2 aromatic rings. The Bertz CT molecular complexity index is 548. The van der Waals surface area contributed by atoms with E-state index < -0.39 is 0 Å². The summed E-state index contributed by atoms with van der Waals surface area (Å²) in [5.74, 6) is 0.823. The third-order valence-electron chi connectivity index (χ3n) is 2.68. The molecule has 0 unspecified atom stereocenters. The topological polar surface area (TPSA) is 49.3 Å². The number of aryl methyl sites for hydroxylation is 1. The first kappa shape index (κ1) is 14.5. The Hall–Kier alpha value is -1.88. The van der Waals surface area contributed by atoms with Crippen molar-refractivity contribution in [1.82, 2.24) is 15.6 Å². The molecular weight excluding hydrogens is 268 g/mol. The average molecular weight is 288 g/mol. The molecule has 0 aliphatic rings. The summed E-state index contributed by atoms with van der Waals surface area (Å²) in [5, 5.41) is 7.63. The lowest BCUT2D eigenvalue weighted by atomic mass is 10.2. The summed E-state index contributed by atoms with van der Waals surface area (Å²) in [7, 11) is 0. The van der Waals surface area contributed by atoms with Gasteiger partial charge in [0.1, 0.15) is 5.01 Å². The summed E-state index contributed by atoms with van der Waals surface area (Å²) in [5.41, 5.74) is 1.20. The molecule has 0 amide bonds. The van der Waals surface area contributed by atoms with E-state index in [1.165, 1.54) is 10.4 Å². The number of aromatic nitrogens is 1. The van der Waals surface area contributed by atoms with Crippen molar-refractivity contribution < 1.29 is 0 Å². The Balaban J connectivity index is 1.92.